The lowest BCUT2D eigenvalue weighted by atomic mass is 10.1. The number of hydrogen-bond acceptors (Lipinski definition) is 3. The van der Waals surface area contributed by atoms with E-state index < -0.39 is 0 Å². The largest absolute Gasteiger partial charge is 0.329 e. The summed E-state index contributed by atoms with van der Waals surface area (Å²) in [6, 6.07) is 12.7. The van der Waals surface area contributed by atoms with Crippen LogP contribution in [0, 0.1) is 0 Å². The van der Waals surface area contributed by atoms with Crippen molar-refractivity contribution in [3.63, 3.8) is 0 Å². The second-order valence-electron chi connectivity index (χ2n) is 4.95. The van der Waals surface area contributed by atoms with E-state index in [9.17, 15) is 0 Å². The highest BCUT2D eigenvalue weighted by atomic mass is 35.5. The number of halogens is 1. The lowest BCUT2D eigenvalue weighted by Crippen LogP contribution is -2.29. The Bertz CT molecular complexity index is 553. The van der Waals surface area contributed by atoms with Gasteiger partial charge in [0.1, 0.15) is 0 Å². The molecule has 2 N–H and O–H groups in total. The molecule has 20 heavy (non-hydrogen) atoms. The Morgan fingerprint density at radius 1 is 1.30 bits per heavy atom. The van der Waals surface area contributed by atoms with Gasteiger partial charge in [-0.05, 0) is 43.3 Å². The van der Waals surface area contributed by atoms with E-state index in [1.54, 1.807) is 0 Å². The van der Waals surface area contributed by atoms with Crippen molar-refractivity contribution >= 4 is 22.9 Å². The van der Waals surface area contributed by atoms with Crippen LogP contribution in [0.4, 0.5) is 0 Å². The minimum atomic E-state index is 0.263. The Kier molecular flexibility index (Phi) is 5.61. The van der Waals surface area contributed by atoms with Crippen LogP contribution in [0.5, 0.6) is 0 Å². The van der Waals surface area contributed by atoms with Crippen molar-refractivity contribution in [3.05, 3.63) is 56.7 Å². The molecule has 0 amide bonds. The van der Waals surface area contributed by atoms with Crippen molar-refractivity contribution in [2.45, 2.75) is 25.9 Å². The fourth-order valence-corrected chi connectivity index (χ4v) is 3.65. The third kappa shape index (κ3) is 3.83. The van der Waals surface area contributed by atoms with Crippen molar-refractivity contribution < 1.29 is 0 Å². The molecule has 108 valence electrons. The standard InChI is InChI=1S/C16H21ClN2S/c1-3-14-7-8-16(20-14)15(10-18)19(2)11-12-5-4-6-13(17)9-12/h4-9,15H,3,10-11,18H2,1-2H3. The van der Waals surface area contributed by atoms with Gasteiger partial charge in [-0.1, -0.05) is 30.7 Å². The lowest BCUT2D eigenvalue weighted by molar-refractivity contribution is 0.245. The number of aryl methyl sites for hydroxylation is 1. The van der Waals surface area contributed by atoms with Crippen LogP contribution < -0.4 is 5.73 Å². The van der Waals surface area contributed by atoms with Crippen molar-refractivity contribution in [3.8, 4) is 0 Å². The summed E-state index contributed by atoms with van der Waals surface area (Å²) < 4.78 is 0. The number of benzene rings is 1. The highest BCUT2D eigenvalue weighted by molar-refractivity contribution is 7.12. The molecule has 1 heterocycles. The van der Waals surface area contributed by atoms with Crippen molar-refractivity contribution in [2.24, 2.45) is 5.73 Å². The molecule has 4 heteroatoms. The van der Waals surface area contributed by atoms with Gasteiger partial charge < -0.3 is 5.73 Å². The molecule has 0 saturated carbocycles. The number of thiophene rings is 1. The van der Waals surface area contributed by atoms with E-state index in [0.717, 1.165) is 18.0 Å². The molecular formula is C16H21ClN2S. The van der Waals surface area contributed by atoms with Crippen LogP contribution >= 0.6 is 22.9 Å². The third-order valence-electron chi connectivity index (χ3n) is 3.44. The molecule has 0 fully saturated rings. The Balaban J connectivity index is 2.10. The molecule has 0 aliphatic heterocycles. The highest BCUT2D eigenvalue weighted by Gasteiger charge is 2.17. The first kappa shape index (κ1) is 15.5. The van der Waals surface area contributed by atoms with Crippen LogP contribution in [0.1, 0.15) is 28.3 Å². The number of hydrogen-bond donors (Lipinski definition) is 1. The predicted octanol–water partition coefficient (Wildman–Crippen LogP) is 4.10. The van der Waals surface area contributed by atoms with Gasteiger partial charge in [0.15, 0.2) is 0 Å². The summed E-state index contributed by atoms with van der Waals surface area (Å²) in [5.74, 6) is 0. The first-order valence-electron chi connectivity index (χ1n) is 6.87. The molecule has 1 atom stereocenters. The number of nitrogens with zero attached hydrogens (tertiary/aromatic N) is 1. The van der Waals surface area contributed by atoms with Crippen molar-refractivity contribution in [1.82, 2.24) is 4.90 Å². The van der Waals surface area contributed by atoms with Gasteiger partial charge in [0.25, 0.3) is 0 Å². The van der Waals surface area contributed by atoms with E-state index in [1.165, 1.54) is 15.3 Å². The average molecular weight is 309 g/mol. The van der Waals surface area contributed by atoms with Gasteiger partial charge >= 0.3 is 0 Å². The summed E-state index contributed by atoms with van der Waals surface area (Å²) in [4.78, 5) is 5.04. The summed E-state index contributed by atoms with van der Waals surface area (Å²) in [6.45, 7) is 3.66. The van der Waals surface area contributed by atoms with Gasteiger partial charge in [-0.15, -0.1) is 11.3 Å². The smallest absolute Gasteiger partial charge is 0.0564 e. The molecule has 0 aliphatic rings. The second-order valence-corrected chi connectivity index (χ2v) is 6.59. The SMILES string of the molecule is CCc1ccc(C(CN)N(C)Cc2cccc(Cl)c2)s1. The first-order chi connectivity index (χ1) is 9.63. The Morgan fingerprint density at radius 2 is 2.10 bits per heavy atom. The van der Waals surface area contributed by atoms with Crippen LogP contribution in [0.25, 0.3) is 0 Å². The van der Waals surface area contributed by atoms with Gasteiger partial charge in [0, 0.05) is 27.9 Å². The van der Waals surface area contributed by atoms with Crippen molar-refractivity contribution in [2.75, 3.05) is 13.6 Å². The number of likely N-dealkylation sites (N-methyl/N-ethyl adjacent to an activating group) is 1. The summed E-state index contributed by atoms with van der Waals surface area (Å²) >= 11 is 7.90. The molecule has 0 aliphatic carbocycles. The van der Waals surface area contributed by atoms with E-state index in [1.807, 2.05) is 29.5 Å². The van der Waals surface area contributed by atoms with E-state index in [0.29, 0.717) is 6.54 Å². The fourth-order valence-electron chi connectivity index (χ4n) is 2.31. The van der Waals surface area contributed by atoms with E-state index in [4.69, 9.17) is 17.3 Å². The summed E-state index contributed by atoms with van der Waals surface area (Å²) in [5, 5.41) is 0.782. The summed E-state index contributed by atoms with van der Waals surface area (Å²) in [6.07, 6.45) is 1.08. The van der Waals surface area contributed by atoms with E-state index in [-0.39, 0.29) is 6.04 Å². The van der Waals surface area contributed by atoms with Gasteiger partial charge in [0.05, 0.1) is 6.04 Å². The van der Waals surface area contributed by atoms with E-state index >= 15 is 0 Å². The Hall–Kier alpha value is -0.870. The molecule has 0 radical (unpaired) electrons. The van der Waals surface area contributed by atoms with Crippen molar-refractivity contribution in [1.29, 1.82) is 0 Å². The zero-order chi connectivity index (χ0) is 14.5. The highest BCUT2D eigenvalue weighted by Crippen LogP contribution is 2.28. The fraction of sp³-hybridized carbons (Fsp3) is 0.375. The van der Waals surface area contributed by atoms with Crippen LogP contribution in [0.3, 0.4) is 0 Å². The molecule has 2 aromatic rings. The zero-order valence-corrected chi connectivity index (χ0v) is 13.5. The second kappa shape index (κ2) is 7.23. The third-order valence-corrected chi connectivity index (χ3v) is 5.00. The molecular weight excluding hydrogens is 288 g/mol. The molecule has 0 spiro atoms. The van der Waals surface area contributed by atoms with Gasteiger partial charge in [-0.25, -0.2) is 0 Å². The van der Waals surface area contributed by atoms with Crippen LogP contribution in [0.15, 0.2) is 36.4 Å². The van der Waals surface area contributed by atoms with Crippen LogP contribution in [0.2, 0.25) is 5.02 Å². The van der Waals surface area contributed by atoms with Crippen LogP contribution in [-0.4, -0.2) is 18.5 Å². The molecule has 1 unspecified atom stereocenters. The van der Waals surface area contributed by atoms with Crippen LogP contribution in [-0.2, 0) is 13.0 Å². The normalized spacial score (nSPS) is 12.8. The maximum absolute atomic E-state index is 6.04. The molecule has 0 saturated heterocycles. The monoisotopic (exact) mass is 308 g/mol. The maximum atomic E-state index is 6.04. The van der Waals surface area contributed by atoms with Gasteiger partial charge in [-0.2, -0.15) is 0 Å². The lowest BCUT2D eigenvalue weighted by Gasteiger charge is -2.26. The Labute approximate surface area is 130 Å². The zero-order valence-electron chi connectivity index (χ0n) is 12.0. The number of rotatable bonds is 6. The minimum Gasteiger partial charge on any atom is -0.329 e. The Morgan fingerprint density at radius 3 is 2.70 bits per heavy atom. The summed E-state index contributed by atoms with van der Waals surface area (Å²) in [7, 11) is 2.11. The molecule has 0 bridgehead atoms. The van der Waals surface area contributed by atoms with Gasteiger partial charge in [-0.3, -0.25) is 4.90 Å². The minimum absolute atomic E-state index is 0.263. The molecule has 1 aromatic carbocycles. The molecule has 2 rings (SSSR count). The predicted molar refractivity (Wildman–Crippen MR) is 88.4 cm³/mol. The molecule has 1 aromatic heterocycles. The van der Waals surface area contributed by atoms with Gasteiger partial charge in [0.2, 0.25) is 0 Å². The topological polar surface area (TPSA) is 29.3 Å². The maximum Gasteiger partial charge on any atom is 0.0564 e. The first-order valence-corrected chi connectivity index (χ1v) is 8.06. The quantitative estimate of drug-likeness (QED) is 0.870. The average Bonchev–Trinajstić information content (AvgIpc) is 2.88. The van der Waals surface area contributed by atoms with E-state index in [2.05, 4.69) is 37.1 Å². The number of nitrogens with two attached hydrogens (primary N) is 1. The molecule has 2 nitrogen and oxygen atoms in total. The summed E-state index contributed by atoms with van der Waals surface area (Å²) in [5.41, 5.74) is 7.19.